The number of hydrogen-bond acceptors (Lipinski definition) is 18. The standard InChI is InChI=1S/C23H22FN3O3S.C22H26BFO5S.C22H19F2NO4S.C6H5BrFNO.C5H4BrFN2.C5H3BrFNO/c1-4-31(29,30)14-15-5-10-18-19(11-15)20-13-26(2)22(28)12-21(20)27(3)25-23(18)16-6-8-17(24)9-7-16;1-6-30(26,27)14-15-7-12-18(20(25)16-8-10-17(24)11-9-16)19(13-15)23-28-21(2,3)22(4,5)29-23;1-3-30(28,29)13-14-4-9-17(22(27)15-5-7-16(23)8-6-15)18(10-14)19-12-25(2)21(26)11-20(19)24;1-9-3-4(7)5(8)2-6(9)10;6-3-2-9-5(8)1-4(3)7;6-3-2-8-5(9)1-4(3)7/h5-13H,4,14H2,1-3H3;7-13H,6,14H2,1-5H3;4-12H,3,13H2,1-2H3;2-3H,1H3;1-2H,(H2,8,9);1-2H,(H,8,9). The lowest BCUT2D eigenvalue weighted by molar-refractivity contribution is 0.00578. The smallest absolute Gasteiger partial charge is 0.399 e. The van der Waals surface area contributed by atoms with Crippen molar-refractivity contribution in [3.8, 4) is 22.3 Å². The molecular formula is C83H79BBr3F7N8O14S3. The van der Waals surface area contributed by atoms with Gasteiger partial charge in [-0.05, 0) is 194 Å². The van der Waals surface area contributed by atoms with Gasteiger partial charge in [0.25, 0.3) is 22.2 Å². The zero-order chi connectivity index (χ0) is 88.1. The molecule has 0 unspecified atom stereocenters. The van der Waals surface area contributed by atoms with Gasteiger partial charge >= 0.3 is 7.12 Å². The molecule has 11 aromatic rings. The fourth-order valence-corrected chi connectivity index (χ4v) is 14.8. The zero-order valence-corrected chi connectivity index (χ0v) is 72.9. The summed E-state index contributed by atoms with van der Waals surface area (Å²) in [6, 6.07) is 36.2. The number of halogens is 10. The maximum atomic E-state index is 14.7. The highest BCUT2D eigenvalue weighted by molar-refractivity contribution is 9.11. The fourth-order valence-electron chi connectivity index (χ4n) is 11.3. The number of aromatic amines is 1. The van der Waals surface area contributed by atoms with Crippen LogP contribution in [0.2, 0.25) is 0 Å². The van der Waals surface area contributed by atoms with Gasteiger partial charge in [-0.3, -0.25) is 33.8 Å². The molecule has 0 bridgehead atoms. The van der Waals surface area contributed by atoms with Crippen molar-refractivity contribution in [1.82, 2.24) is 23.7 Å². The summed E-state index contributed by atoms with van der Waals surface area (Å²) in [5, 5.41) is 6.33. The van der Waals surface area contributed by atoms with Crippen LogP contribution in [0.5, 0.6) is 0 Å². The van der Waals surface area contributed by atoms with Gasteiger partial charge in [0, 0.05) is 151 Å². The number of carbonyl (C=O) groups is 2. The number of pyridine rings is 5. The van der Waals surface area contributed by atoms with E-state index in [1.54, 1.807) is 82.6 Å². The minimum Gasteiger partial charge on any atom is -0.399 e. The number of aromatic nitrogens is 5. The van der Waals surface area contributed by atoms with Gasteiger partial charge in [0.05, 0.1) is 53.3 Å². The summed E-state index contributed by atoms with van der Waals surface area (Å²) in [6.07, 6.45) is 6.96. The normalized spacial score (nSPS) is 13.1. The summed E-state index contributed by atoms with van der Waals surface area (Å²) >= 11 is 8.77. The summed E-state index contributed by atoms with van der Waals surface area (Å²) in [5.74, 6) is -4.64. The van der Waals surface area contributed by atoms with Crippen molar-refractivity contribution in [3.05, 3.63) is 334 Å². The molecule has 13 rings (SSSR count). The number of ketones is 2. The molecule has 36 heteroatoms. The highest BCUT2D eigenvalue weighted by Gasteiger charge is 2.52. The average Bonchev–Trinajstić information content (AvgIpc) is 1.65. The van der Waals surface area contributed by atoms with Crippen LogP contribution in [0, 0.1) is 40.7 Å². The highest BCUT2D eigenvalue weighted by Crippen LogP contribution is 2.39. The van der Waals surface area contributed by atoms with Crippen molar-refractivity contribution in [1.29, 1.82) is 0 Å². The molecule has 0 saturated carbocycles. The van der Waals surface area contributed by atoms with Gasteiger partial charge in [-0.2, -0.15) is 5.10 Å². The molecule has 119 heavy (non-hydrogen) atoms. The largest absolute Gasteiger partial charge is 0.495 e. The molecule has 3 N–H and O–H groups in total. The SMILES string of the molecule is CCS(=O)(=O)Cc1ccc(C(=O)c2ccc(F)cc2)c(-c2cn(C)c(=O)cc2F)c1.CCS(=O)(=O)Cc1ccc(C(=O)c2ccc(F)cc2)c(B2OC(C)(C)C(C)(C)O2)c1.CCS(=O)(=O)Cc1ccc2c(c1)-c1cn(C)c(=O)cc1N(C)N=C2c1ccc(F)cc1.Cn1cc(Br)c(F)cc1=O.Nc1cc(F)c(Br)cn1.O=c1cc(F)c(Br)c[nH]1. The number of carbonyl (C=O) groups excluding carboxylic acids is 2. The minimum absolute atomic E-state index is 0.0155. The van der Waals surface area contributed by atoms with E-state index in [2.05, 4.69) is 57.8 Å². The number of nitrogens with zero attached hydrogens (tertiary/aromatic N) is 6. The van der Waals surface area contributed by atoms with E-state index < -0.39 is 93.8 Å². The number of nitrogens with two attached hydrogens (primary N) is 1. The topological polar surface area (TPSA) is 308 Å². The number of H-pyrrole nitrogens is 1. The molecule has 0 radical (unpaired) electrons. The van der Waals surface area contributed by atoms with Crippen LogP contribution in [0.1, 0.15) is 108 Å². The van der Waals surface area contributed by atoms with Gasteiger partial charge in [-0.1, -0.05) is 63.2 Å². The number of anilines is 2. The number of aryl methyl sites for hydroxylation is 3. The van der Waals surface area contributed by atoms with Crippen LogP contribution in [0.3, 0.4) is 0 Å². The van der Waals surface area contributed by atoms with Crippen LogP contribution in [0.25, 0.3) is 22.3 Å². The third-order valence-electron chi connectivity index (χ3n) is 18.7. The van der Waals surface area contributed by atoms with E-state index in [0.717, 1.165) is 53.1 Å². The van der Waals surface area contributed by atoms with Crippen LogP contribution >= 0.6 is 47.8 Å². The second kappa shape index (κ2) is 39.7. The molecule has 6 aromatic carbocycles. The second-order valence-corrected chi connectivity index (χ2v) is 37.5. The highest BCUT2D eigenvalue weighted by atomic mass is 79.9. The summed E-state index contributed by atoms with van der Waals surface area (Å²) in [7, 11) is -4.25. The van der Waals surface area contributed by atoms with Crippen LogP contribution < -0.4 is 38.4 Å². The van der Waals surface area contributed by atoms with Gasteiger partial charge in [0.2, 0.25) is 0 Å². The first-order chi connectivity index (χ1) is 55.6. The van der Waals surface area contributed by atoms with E-state index in [9.17, 15) is 84.8 Å². The van der Waals surface area contributed by atoms with Crippen LogP contribution in [0.4, 0.5) is 42.2 Å². The lowest BCUT2D eigenvalue weighted by Gasteiger charge is -2.32. The molecule has 0 aliphatic carbocycles. The molecule has 7 heterocycles. The number of benzene rings is 6. The van der Waals surface area contributed by atoms with E-state index in [1.165, 1.54) is 125 Å². The van der Waals surface area contributed by atoms with Crippen LogP contribution in [-0.4, -0.2) is 109 Å². The number of sulfone groups is 3. The molecular weight excluding hydrogens is 1810 g/mol. The summed E-state index contributed by atoms with van der Waals surface area (Å²) in [6.45, 7) is 12.4. The van der Waals surface area contributed by atoms with Gasteiger partial charge in [0.15, 0.2) is 41.1 Å². The summed E-state index contributed by atoms with van der Waals surface area (Å²) < 4.78 is 182. The van der Waals surface area contributed by atoms with E-state index in [4.69, 9.17) is 20.1 Å². The first-order valence-electron chi connectivity index (χ1n) is 35.9. The first-order valence-corrected chi connectivity index (χ1v) is 43.7. The van der Waals surface area contributed by atoms with Crippen molar-refractivity contribution in [2.75, 3.05) is 35.0 Å². The van der Waals surface area contributed by atoms with Gasteiger partial charge in [-0.25, -0.2) is 61.0 Å². The molecule has 626 valence electrons. The predicted molar refractivity (Wildman–Crippen MR) is 456 cm³/mol. The monoisotopic (exact) mass is 1890 g/mol. The summed E-state index contributed by atoms with van der Waals surface area (Å²) in [4.78, 5) is 77.2. The fraction of sp³-hybridized carbons (Fsp3) is 0.229. The Balaban J connectivity index is 0.000000191. The van der Waals surface area contributed by atoms with E-state index in [0.29, 0.717) is 59.2 Å². The van der Waals surface area contributed by atoms with Gasteiger partial charge in [0.1, 0.15) is 46.5 Å². The molecule has 0 atom stereocenters. The molecule has 2 aliphatic heterocycles. The number of rotatable bonds is 16. The third-order valence-corrected chi connectivity index (χ3v) is 25.4. The Morgan fingerprint density at radius 2 is 0.891 bits per heavy atom. The Morgan fingerprint density at radius 3 is 1.36 bits per heavy atom. The second-order valence-electron chi connectivity index (χ2n) is 27.9. The molecule has 0 spiro atoms. The molecule has 1 saturated heterocycles. The maximum absolute atomic E-state index is 14.7. The van der Waals surface area contributed by atoms with Crippen molar-refractivity contribution < 1.29 is 74.9 Å². The minimum atomic E-state index is -3.36. The number of fused-ring (bicyclic) bond motifs is 3. The average molecular weight is 1890 g/mol. The van der Waals surface area contributed by atoms with Gasteiger partial charge < -0.3 is 33.7 Å². The first kappa shape index (κ1) is 94.2. The Bertz CT molecular complexity index is 6290. The van der Waals surface area contributed by atoms with Gasteiger partial charge in [-0.15, -0.1) is 0 Å². The van der Waals surface area contributed by atoms with Crippen molar-refractivity contribution >= 4 is 119 Å². The molecule has 22 nitrogen and oxygen atoms in total. The maximum Gasteiger partial charge on any atom is 0.495 e. The Hall–Kier alpha value is -10.3. The van der Waals surface area contributed by atoms with Crippen molar-refractivity contribution in [2.45, 2.75) is 76.9 Å². The van der Waals surface area contributed by atoms with Crippen molar-refractivity contribution in [3.63, 3.8) is 0 Å². The predicted octanol–water partition coefficient (Wildman–Crippen LogP) is 14.2. The Labute approximate surface area is 706 Å². The lowest BCUT2D eigenvalue weighted by Crippen LogP contribution is -2.41. The number of hydrazone groups is 1. The molecule has 1 fully saturated rings. The van der Waals surface area contributed by atoms with Crippen molar-refractivity contribution in [2.24, 2.45) is 26.2 Å². The summed E-state index contributed by atoms with van der Waals surface area (Å²) in [5.41, 5.74) is 9.75. The van der Waals surface area contributed by atoms with E-state index in [1.807, 2.05) is 39.8 Å². The van der Waals surface area contributed by atoms with Crippen LogP contribution in [0.15, 0.2) is 226 Å². The number of hydrogen-bond donors (Lipinski definition) is 2. The third kappa shape index (κ3) is 24.9. The lowest BCUT2D eigenvalue weighted by atomic mass is 9.73. The Morgan fingerprint density at radius 1 is 0.471 bits per heavy atom. The molecule has 0 amide bonds. The van der Waals surface area contributed by atoms with Crippen LogP contribution in [-0.2, 0) is 77.2 Å². The Kier molecular flexibility index (Phi) is 31.4. The molecule has 5 aromatic heterocycles. The number of nitrogen functional groups attached to an aromatic ring is 1. The van der Waals surface area contributed by atoms with E-state index in [-0.39, 0.29) is 95.6 Å². The van der Waals surface area contributed by atoms with E-state index >= 15 is 0 Å². The molecule has 2 aliphatic rings. The number of nitrogens with one attached hydrogen (secondary N) is 1. The quantitative estimate of drug-likeness (QED) is 0.0516. The zero-order valence-electron chi connectivity index (χ0n) is 65.7.